The monoisotopic (exact) mass is 310 g/mol. The molecule has 8 heteroatoms. The molecule has 120 valence electrons. The van der Waals surface area contributed by atoms with E-state index in [0.717, 1.165) is 6.07 Å². The molecule has 0 spiro atoms. The highest BCUT2D eigenvalue weighted by Gasteiger charge is 2.21. The number of hydrogen-bond donors (Lipinski definition) is 2. The number of carbonyl (C=O) groups is 2. The summed E-state index contributed by atoms with van der Waals surface area (Å²) in [6.07, 6.45) is 1.11. The van der Waals surface area contributed by atoms with Crippen molar-refractivity contribution in [1.29, 1.82) is 0 Å². The van der Waals surface area contributed by atoms with Crippen LogP contribution in [-0.4, -0.2) is 35.6 Å². The first-order valence-corrected chi connectivity index (χ1v) is 6.74. The molecule has 1 amide bonds. The van der Waals surface area contributed by atoms with Crippen LogP contribution in [0.3, 0.4) is 0 Å². The Bertz CT molecular complexity index is 572. The van der Waals surface area contributed by atoms with Crippen LogP contribution in [-0.2, 0) is 4.79 Å². The molecule has 0 heterocycles. The first-order valence-electron chi connectivity index (χ1n) is 6.74. The number of ether oxygens (including phenoxy) is 1. The second-order valence-corrected chi connectivity index (χ2v) is 4.68. The summed E-state index contributed by atoms with van der Waals surface area (Å²) in [5.74, 6) is -2.11. The van der Waals surface area contributed by atoms with Gasteiger partial charge in [0.25, 0.3) is 11.6 Å². The number of non-ortho nitro benzene ring substituents is 1. The van der Waals surface area contributed by atoms with Crippen molar-refractivity contribution in [2.45, 2.75) is 19.8 Å². The number of aliphatic carboxylic acids is 1. The quantitative estimate of drug-likeness (QED) is 0.558. The van der Waals surface area contributed by atoms with Crippen molar-refractivity contribution in [2.24, 2.45) is 5.92 Å². The minimum Gasteiger partial charge on any atom is -0.496 e. The Morgan fingerprint density at radius 2 is 2.14 bits per heavy atom. The van der Waals surface area contributed by atoms with Crippen LogP contribution in [0.25, 0.3) is 0 Å². The Morgan fingerprint density at radius 1 is 1.45 bits per heavy atom. The molecule has 0 radical (unpaired) electrons. The number of nitrogens with zero attached hydrogens (tertiary/aromatic N) is 1. The number of carbonyl (C=O) groups excluding carboxylic acids is 1. The van der Waals surface area contributed by atoms with Crippen LogP contribution in [0.1, 0.15) is 30.1 Å². The van der Waals surface area contributed by atoms with Gasteiger partial charge in [-0.2, -0.15) is 0 Å². The van der Waals surface area contributed by atoms with Crippen molar-refractivity contribution < 1.29 is 24.4 Å². The Kier molecular flexibility index (Phi) is 6.30. The lowest BCUT2D eigenvalue weighted by Gasteiger charge is -2.13. The van der Waals surface area contributed by atoms with Crippen molar-refractivity contribution in [1.82, 2.24) is 5.32 Å². The molecule has 0 saturated heterocycles. The van der Waals surface area contributed by atoms with Crippen LogP contribution >= 0.6 is 0 Å². The van der Waals surface area contributed by atoms with Crippen LogP contribution in [0.4, 0.5) is 5.69 Å². The third kappa shape index (κ3) is 4.44. The van der Waals surface area contributed by atoms with Gasteiger partial charge in [0.05, 0.1) is 23.5 Å². The van der Waals surface area contributed by atoms with Crippen LogP contribution < -0.4 is 10.1 Å². The summed E-state index contributed by atoms with van der Waals surface area (Å²) in [7, 11) is 1.34. The van der Waals surface area contributed by atoms with E-state index in [0.29, 0.717) is 12.8 Å². The van der Waals surface area contributed by atoms with E-state index in [4.69, 9.17) is 9.84 Å². The zero-order chi connectivity index (χ0) is 16.7. The number of methoxy groups -OCH3 is 1. The van der Waals surface area contributed by atoms with Gasteiger partial charge in [0, 0.05) is 18.7 Å². The molecule has 2 N–H and O–H groups in total. The van der Waals surface area contributed by atoms with Crippen molar-refractivity contribution in [3.8, 4) is 5.75 Å². The number of nitrogens with one attached hydrogen (secondary N) is 1. The van der Waals surface area contributed by atoms with E-state index in [1.807, 2.05) is 6.92 Å². The molecular weight excluding hydrogens is 292 g/mol. The fourth-order valence-corrected chi connectivity index (χ4v) is 1.96. The lowest BCUT2D eigenvalue weighted by atomic mass is 10.0. The van der Waals surface area contributed by atoms with E-state index in [2.05, 4.69) is 5.32 Å². The number of amides is 1. The highest BCUT2D eigenvalue weighted by Crippen LogP contribution is 2.24. The van der Waals surface area contributed by atoms with Crippen molar-refractivity contribution >= 4 is 17.6 Å². The Hall–Kier alpha value is -2.64. The molecule has 0 saturated carbocycles. The number of nitro benzene ring substituents is 1. The maximum absolute atomic E-state index is 12.1. The molecule has 0 fully saturated rings. The van der Waals surface area contributed by atoms with Gasteiger partial charge in [0.2, 0.25) is 0 Å². The molecule has 0 aromatic heterocycles. The number of carboxylic acid groups (broad SMARTS) is 1. The normalized spacial score (nSPS) is 11.5. The zero-order valence-corrected chi connectivity index (χ0v) is 12.4. The summed E-state index contributed by atoms with van der Waals surface area (Å²) in [6, 6.07) is 3.66. The minimum absolute atomic E-state index is 0.00247. The second-order valence-electron chi connectivity index (χ2n) is 4.68. The summed E-state index contributed by atoms with van der Waals surface area (Å²) in [5, 5.41) is 22.3. The van der Waals surface area contributed by atoms with Crippen molar-refractivity contribution in [2.75, 3.05) is 13.7 Å². The maximum Gasteiger partial charge on any atom is 0.308 e. The molecule has 1 atom stereocenters. The predicted octanol–water partition coefficient (Wildman–Crippen LogP) is 1.83. The van der Waals surface area contributed by atoms with Gasteiger partial charge in [0.15, 0.2) is 0 Å². The minimum atomic E-state index is -0.992. The zero-order valence-electron chi connectivity index (χ0n) is 12.4. The van der Waals surface area contributed by atoms with Gasteiger partial charge < -0.3 is 15.2 Å². The van der Waals surface area contributed by atoms with Gasteiger partial charge in [-0.25, -0.2) is 0 Å². The Labute approximate surface area is 127 Å². The third-order valence-corrected chi connectivity index (χ3v) is 3.13. The number of rotatable bonds is 8. The number of nitro groups is 1. The molecular formula is C14H18N2O6. The molecule has 0 aliphatic carbocycles. The third-order valence-electron chi connectivity index (χ3n) is 3.13. The van der Waals surface area contributed by atoms with Crippen LogP contribution in [0.15, 0.2) is 18.2 Å². The summed E-state index contributed by atoms with van der Waals surface area (Å²) >= 11 is 0. The highest BCUT2D eigenvalue weighted by molar-refractivity contribution is 5.97. The number of benzene rings is 1. The van der Waals surface area contributed by atoms with Crippen molar-refractivity contribution in [3.63, 3.8) is 0 Å². The molecule has 1 aromatic carbocycles. The fraction of sp³-hybridized carbons (Fsp3) is 0.429. The van der Waals surface area contributed by atoms with Gasteiger partial charge in [-0.3, -0.25) is 19.7 Å². The number of carboxylic acids is 1. The second kappa shape index (κ2) is 7.96. The van der Waals surface area contributed by atoms with Crippen LogP contribution in [0.5, 0.6) is 5.75 Å². The van der Waals surface area contributed by atoms with Gasteiger partial charge in [-0.15, -0.1) is 0 Å². The molecule has 0 aliphatic rings. The van der Waals surface area contributed by atoms with E-state index in [1.165, 1.54) is 19.2 Å². The fourth-order valence-electron chi connectivity index (χ4n) is 1.96. The first kappa shape index (κ1) is 17.4. The smallest absolute Gasteiger partial charge is 0.308 e. The van der Waals surface area contributed by atoms with E-state index in [1.54, 1.807) is 0 Å². The van der Waals surface area contributed by atoms with Gasteiger partial charge >= 0.3 is 5.97 Å². The molecule has 0 aliphatic heterocycles. The summed E-state index contributed by atoms with van der Waals surface area (Å²) < 4.78 is 5.00. The molecule has 1 aromatic rings. The Morgan fingerprint density at radius 3 is 2.64 bits per heavy atom. The molecule has 0 bridgehead atoms. The van der Waals surface area contributed by atoms with E-state index < -0.39 is 22.7 Å². The summed E-state index contributed by atoms with van der Waals surface area (Å²) in [5.41, 5.74) is -0.244. The van der Waals surface area contributed by atoms with E-state index in [9.17, 15) is 19.7 Å². The molecule has 22 heavy (non-hydrogen) atoms. The predicted molar refractivity (Wildman–Crippen MR) is 78.0 cm³/mol. The van der Waals surface area contributed by atoms with Gasteiger partial charge in [-0.1, -0.05) is 13.3 Å². The SMILES string of the molecule is CCCC(CNC(=O)c1cc([N+](=O)[O-])ccc1OC)C(=O)O. The lowest BCUT2D eigenvalue weighted by molar-refractivity contribution is -0.384. The number of hydrogen-bond acceptors (Lipinski definition) is 5. The average Bonchev–Trinajstić information content (AvgIpc) is 2.49. The largest absolute Gasteiger partial charge is 0.496 e. The van der Waals surface area contributed by atoms with Crippen LogP contribution in [0, 0.1) is 16.0 Å². The van der Waals surface area contributed by atoms with E-state index in [-0.39, 0.29) is 23.5 Å². The average molecular weight is 310 g/mol. The van der Waals surface area contributed by atoms with Crippen LogP contribution in [0.2, 0.25) is 0 Å². The van der Waals surface area contributed by atoms with Crippen molar-refractivity contribution in [3.05, 3.63) is 33.9 Å². The molecule has 8 nitrogen and oxygen atoms in total. The summed E-state index contributed by atoms with van der Waals surface area (Å²) in [6.45, 7) is 1.80. The molecule has 1 rings (SSSR count). The highest BCUT2D eigenvalue weighted by atomic mass is 16.6. The summed E-state index contributed by atoms with van der Waals surface area (Å²) in [4.78, 5) is 33.3. The Balaban J connectivity index is 2.90. The topological polar surface area (TPSA) is 119 Å². The first-order chi connectivity index (χ1) is 10.4. The van der Waals surface area contributed by atoms with E-state index >= 15 is 0 Å². The lowest BCUT2D eigenvalue weighted by Crippen LogP contribution is -2.33. The van der Waals surface area contributed by atoms with Gasteiger partial charge in [-0.05, 0) is 12.5 Å². The standard InChI is InChI=1S/C14H18N2O6/c1-3-4-9(14(18)19)8-15-13(17)11-7-10(16(20)21)5-6-12(11)22-2/h5-7,9H,3-4,8H2,1-2H3,(H,15,17)(H,18,19). The molecule has 1 unspecified atom stereocenters. The maximum atomic E-state index is 12.1. The van der Waals surface area contributed by atoms with Gasteiger partial charge in [0.1, 0.15) is 5.75 Å².